The van der Waals surface area contributed by atoms with Crippen LogP contribution in [0, 0.1) is 5.82 Å². The van der Waals surface area contributed by atoms with Crippen molar-refractivity contribution in [1.82, 2.24) is 9.80 Å². The van der Waals surface area contributed by atoms with Gasteiger partial charge in [0.2, 0.25) is 0 Å². The number of nitrogens with two attached hydrogens (primary N) is 1. The molecule has 1 aromatic rings. The van der Waals surface area contributed by atoms with E-state index < -0.39 is 0 Å². The number of hydrogen-bond acceptors (Lipinski definition) is 3. The Hall–Kier alpha value is -0.970. The number of halogens is 1. The number of hydrogen-bond donors (Lipinski definition) is 1. The topological polar surface area (TPSA) is 32.5 Å². The van der Waals surface area contributed by atoms with Crippen LogP contribution in [0.25, 0.3) is 0 Å². The van der Waals surface area contributed by atoms with Gasteiger partial charge >= 0.3 is 0 Å². The fourth-order valence-electron chi connectivity index (χ4n) is 3.18. The molecule has 0 bridgehead atoms. The average molecular weight is 293 g/mol. The third-order valence-electron chi connectivity index (χ3n) is 4.72. The summed E-state index contributed by atoms with van der Waals surface area (Å²) in [6, 6.07) is 7.47. The van der Waals surface area contributed by atoms with Gasteiger partial charge in [-0.2, -0.15) is 0 Å². The lowest BCUT2D eigenvalue weighted by molar-refractivity contribution is 0.0352. The molecule has 2 rings (SSSR count). The van der Waals surface area contributed by atoms with E-state index in [1.807, 2.05) is 6.07 Å². The van der Waals surface area contributed by atoms with E-state index in [0.29, 0.717) is 12.6 Å². The van der Waals surface area contributed by atoms with Gasteiger partial charge in [-0.25, -0.2) is 4.39 Å². The molecule has 2 N–H and O–H groups in total. The highest BCUT2D eigenvalue weighted by molar-refractivity contribution is 5.19. The van der Waals surface area contributed by atoms with Gasteiger partial charge in [0, 0.05) is 44.3 Å². The van der Waals surface area contributed by atoms with E-state index in [-0.39, 0.29) is 11.4 Å². The molecule has 1 aliphatic rings. The molecule has 0 aliphatic carbocycles. The van der Waals surface area contributed by atoms with E-state index in [9.17, 15) is 4.39 Å². The van der Waals surface area contributed by atoms with Crippen LogP contribution >= 0.6 is 0 Å². The van der Waals surface area contributed by atoms with Crippen molar-refractivity contribution >= 4 is 0 Å². The number of piperazine rings is 1. The molecule has 1 heterocycles. The summed E-state index contributed by atoms with van der Waals surface area (Å²) in [6.45, 7) is 11.5. The zero-order valence-corrected chi connectivity index (χ0v) is 13.5. The van der Waals surface area contributed by atoms with Crippen molar-refractivity contribution in [3.63, 3.8) is 0 Å². The van der Waals surface area contributed by atoms with Crippen LogP contribution in [0.15, 0.2) is 24.3 Å². The van der Waals surface area contributed by atoms with E-state index in [4.69, 9.17) is 5.73 Å². The summed E-state index contributed by atoms with van der Waals surface area (Å²) < 4.78 is 13.4. The first kappa shape index (κ1) is 16.4. The van der Waals surface area contributed by atoms with Crippen LogP contribution < -0.4 is 5.73 Å². The smallest absolute Gasteiger partial charge is 0.123 e. The maximum atomic E-state index is 13.4. The minimum atomic E-state index is -0.170. The Labute approximate surface area is 127 Å². The molecule has 0 saturated carbocycles. The molecule has 1 aliphatic heterocycles. The Morgan fingerprint density at radius 3 is 2.43 bits per heavy atom. The summed E-state index contributed by atoms with van der Waals surface area (Å²) in [5, 5.41) is 0. The zero-order chi connectivity index (χ0) is 15.5. The Morgan fingerprint density at radius 2 is 1.90 bits per heavy atom. The number of rotatable bonds is 5. The standard InChI is InChI=1S/C17H28FN3/c1-14(2)20-7-9-21(10-8-20)17(3,13-19)12-15-5-4-6-16(18)11-15/h4-6,11,14H,7-10,12-13,19H2,1-3H3. The predicted octanol–water partition coefficient (Wildman–Crippen LogP) is 2.11. The number of nitrogens with zero attached hydrogens (tertiary/aromatic N) is 2. The van der Waals surface area contributed by atoms with Gasteiger partial charge in [-0.05, 0) is 44.9 Å². The van der Waals surface area contributed by atoms with Gasteiger partial charge in [0.25, 0.3) is 0 Å². The van der Waals surface area contributed by atoms with E-state index >= 15 is 0 Å². The van der Waals surface area contributed by atoms with Crippen molar-refractivity contribution in [3.05, 3.63) is 35.6 Å². The van der Waals surface area contributed by atoms with Crippen LogP contribution in [0.3, 0.4) is 0 Å². The second-order valence-corrected chi connectivity index (χ2v) is 6.62. The summed E-state index contributed by atoms with van der Waals surface area (Å²) in [4.78, 5) is 4.96. The van der Waals surface area contributed by atoms with Crippen molar-refractivity contribution in [2.24, 2.45) is 5.73 Å². The first-order chi connectivity index (χ1) is 9.94. The van der Waals surface area contributed by atoms with E-state index in [1.165, 1.54) is 6.07 Å². The molecule has 4 heteroatoms. The van der Waals surface area contributed by atoms with Gasteiger partial charge < -0.3 is 5.73 Å². The molecule has 0 amide bonds. The van der Waals surface area contributed by atoms with E-state index in [0.717, 1.165) is 38.2 Å². The molecule has 118 valence electrons. The van der Waals surface area contributed by atoms with Crippen LogP contribution in [0.2, 0.25) is 0 Å². The average Bonchev–Trinajstić information content (AvgIpc) is 2.47. The predicted molar refractivity (Wildman–Crippen MR) is 85.8 cm³/mol. The minimum Gasteiger partial charge on any atom is -0.329 e. The van der Waals surface area contributed by atoms with Gasteiger partial charge in [0.15, 0.2) is 0 Å². The van der Waals surface area contributed by atoms with Gasteiger partial charge in [-0.1, -0.05) is 12.1 Å². The highest BCUT2D eigenvalue weighted by Gasteiger charge is 2.33. The van der Waals surface area contributed by atoms with Crippen LogP contribution in [0.4, 0.5) is 4.39 Å². The molecule has 1 saturated heterocycles. The molecule has 3 nitrogen and oxygen atoms in total. The summed E-state index contributed by atoms with van der Waals surface area (Å²) in [5.74, 6) is -0.170. The van der Waals surface area contributed by atoms with E-state index in [1.54, 1.807) is 12.1 Å². The lowest BCUT2D eigenvalue weighted by atomic mass is 9.90. The molecule has 0 aromatic heterocycles. The van der Waals surface area contributed by atoms with Crippen molar-refractivity contribution in [2.45, 2.75) is 38.8 Å². The van der Waals surface area contributed by atoms with E-state index in [2.05, 4.69) is 30.6 Å². The van der Waals surface area contributed by atoms with Crippen molar-refractivity contribution < 1.29 is 4.39 Å². The molecule has 1 aromatic carbocycles. The Balaban J connectivity index is 2.04. The fourth-order valence-corrected chi connectivity index (χ4v) is 3.18. The summed E-state index contributed by atoms with van der Waals surface area (Å²) in [5.41, 5.74) is 6.99. The lowest BCUT2D eigenvalue weighted by Gasteiger charge is -2.46. The van der Waals surface area contributed by atoms with Gasteiger partial charge in [-0.3, -0.25) is 9.80 Å². The molecule has 1 unspecified atom stereocenters. The summed E-state index contributed by atoms with van der Waals surface area (Å²) in [6.07, 6.45) is 0.795. The van der Waals surface area contributed by atoms with Gasteiger partial charge in [0.1, 0.15) is 5.82 Å². The van der Waals surface area contributed by atoms with Crippen LogP contribution in [0.1, 0.15) is 26.3 Å². The molecule has 0 radical (unpaired) electrons. The van der Waals surface area contributed by atoms with Crippen LogP contribution in [-0.2, 0) is 6.42 Å². The van der Waals surface area contributed by atoms with Crippen LogP contribution in [0.5, 0.6) is 0 Å². The lowest BCUT2D eigenvalue weighted by Crippen LogP contribution is -2.60. The molecular weight excluding hydrogens is 265 g/mol. The molecule has 21 heavy (non-hydrogen) atoms. The highest BCUT2D eigenvalue weighted by Crippen LogP contribution is 2.22. The van der Waals surface area contributed by atoms with Crippen molar-refractivity contribution in [2.75, 3.05) is 32.7 Å². The van der Waals surface area contributed by atoms with Gasteiger partial charge in [-0.15, -0.1) is 0 Å². The molecular formula is C17H28FN3. The van der Waals surface area contributed by atoms with Crippen molar-refractivity contribution in [1.29, 1.82) is 0 Å². The molecule has 1 fully saturated rings. The first-order valence-corrected chi connectivity index (χ1v) is 7.88. The summed E-state index contributed by atoms with van der Waals surface area (Å²) >= 11 is 0. The highest BCUT2D eigenvalue weighted by atomic mass is 19.1. The fraction of sp³-hybridized carbons (Fsp3) is 0.647. The number of benzene rings is 1. The minimum absolute atomic E-state index is 0.100. The Bertz CT molecular complexity index is 455. The molecule has 1 atom stereocenters. The maximum absolute atomic E-state index is 13.4. The Morgan fingerprint density at radius 1 is 1.24 bits per heavy atom. The van der Waals surface area contributed by atoms with Gasteiger partial charge in [0.05, 0.1) is 0 Å². The SMILES string of the molecule is CC(C)N1CCN(C(C)(CN)Cc2cccc(F)c2)CC1. The van der Waals surface area contributed by atoms with Crippen molar-refractivity contribution in [3.8, 4) is 0 Å². The Kier molecular flexibility index (Phi) is 5.36. The summed E-state index contributed by atoms with van der Waals surface area (Å²) in [7, 11) is 0. The third-order valence-corrected chi connectivity index (χ3v) is 4.72. The van der Waals surface area contributed by atoms with Crippen LogP contribution in [-0.4, -0.2) is 54.1 Å². The quantitative estimate of drug-likeness (QED) is 0.902. The normalized spacial score (nSPS) is 20.7. The zero-order valence-electron chi connectivity index (χ0n) is 13.5. The third kappa shape index (κ3) is 4.02. The monoisotopic (exact) mass is 293 g/mol. The first-order valence-electron chi connectivity index (χ1n) is 7.88. The molecule has 0 spiro atoms. The largest absolute Gasteiger partial charge is 0.329 e. The maximum Gasteiger partial charge on any atom is 0.123 e. The second-order valence-electron chi connectivity index (χ2n) is 6.62. The second kappa shape index (κ2) is 6.86.